The van der Waals surface area contributed by atoms with Crippen LogP contribution in [0.25, 0.3) is 0 Å². The van der Waals surface area contributed by atoms with Crippen molar-refractivity contribution in [2.45, 2.75) is 25.7 Å². The molecule has 1 saturated carbocycles. The van der Waals surface area contributed by atoms with Crippen LogP contribution in [0.1, 0.15) is 25.7 Å². The van der Waals surface area contributed by atoms with Crippen LogP contribution in [0, 0.1) is 22.0 Å². The fourth-order valence-corrected chi connectivity index (χ4v) is 1.80. The highest BCUT2D eigenvalue weighted by molar-refractivity contribution is 4.72. The first-order valence-corrected chi connectivity index (χ1v) is 4.69. The Morgan fingerprint density at radius 3 is 2.31 bits per heavy atom. The van der Waals surface area contributed by atoms with Gasteiger partial charge in [-0.05, 0) is 44.1 Å². The minimum Gasteiger partial charge on any atom is -0.330 e. The molecule has 2 N–H and O–H groups in total. The Morgan fingerprint density at radius 2 is 1.85 bits per heavy atom. The van der Waals surface area contributed by atoms with Gasteiger partial charge < -0.3 is 10.6 Å². The molecule has 0 heterocycles. The normalized spacial score (nSPS) is 28.4. The molecule has 1 aliphatic rings. The van der Waals surface area contributed by atoms with Crippen molar-refractivity contribution < 1.29 is 9.92 Å². The maximum atomic E-state index is 9.93. The summed E-state index contributed by atoms with van der Waals surface area (Å²) in [6.07, 6.45) is 4.19. The van der Waals surface area contributed by atoms with Crippen molar-refractivity contribution >= 4 is 0 Å². The highest BCUT2D eigenvalue weighted by atomic mass is 16.9. The summed E-state index contributed by atoms with van der Waals surface area (Å²) in [4.78, 5) is 14.3. The first-order chi connectivity index (χ1) is 6.22. The van der Waals surface area contributed by atoms with Crippen LogP contribution in [0.2, 0.25) is 0 Å². The minimum atomic E-state index is -0.713. The molecule has 1 rings (SSSR count). The fourth-order valence-electron chi connectivity index (χ4n) is 1.80. The third-order valence-electron chi connectivity index (χ3n) is 2.72. The van der Waals surface area contributed by atoms with Crippen molar-refractivity contribution in [3.8, 4) is 0 Å². The Labute approximate surface area is 77.3 Å². The van der Waals surface area contributed by atoms with E-state index in [1.807, 2.05) is 0 Å². The van der Waals surface area contributed by atoms with E-state index in [-0.39, 0.29) is 6.61 Å². The van der Waals surface area contributed by atoms with Gasteiger partial charge in [-0.1, -0.05) is 0 Å². The average Bonchev–Trinajstić information content (AvgIpc) is 2.15. The quantitative estimate of drug-likeness (QED) is 0.526. The van der Waals surface area contributed by atoms with Crippen molar-refractivity contribution in [2.24, 2.45) is 17.6 Å². The molecule has 0 amide bonds. The lowest BCUT2D eigenvalue weighted by molar-refractivity contribution is -0.759. The maximum Gasteiger partial charge on any atom is 0.294 e. The van der Waals surface area contributed by atoms with Gasteiger partial charge in [-0.3, -0.25) is 0 Å². The second-order valence-corrected chi connectivity index (χ2v) is 3.64. The van der Waals surface area contributed by atoms with E-state index in [0.717, 1.165) is 32.2 Å². The zero-order chi connectivity index (χ0) is 9.68. The van der Waals surface area contributed by atoms with Gasteiger partial charge in [0.25, 0.3) is 5.09 Å². The molecule has 0 aromatic carbocycles. The highest BCUT2D eigenvalue weighted by Gasteiger charge is 2.20. The predicted octanol–water partition coefficient (Wildman–Crippen LogP) is 0.960. The Kier molecular flexibility index (Phi) is 3.95. The Morgan fingerprint density at radius 1 is 1.31 bits per heavy atom. The number of hydrogen-bond donors (Lipinski definition) is 1. The van der Waals surface area contributed by atoms with E-state index in [0.29, 0.717) is 11.8 Å². The molecule has 1 aliphatic carbocycles. The summed E-state index contributed by atoms with van der Waals surface area (Å²) in [5.41, 5.74) is 5.53. The van der Waals surface area contributed by atoms with Crippen molar-refractivity contribution in [3.63, 3.8) is 0 Å². The first-order valence-electron chi connectivity index (χ1n) is 4.69. The van der Waals surface area contributed by atoms with Crippen molar-refractivity contribution in [2.75, 3.05) is 13.2 Å². The summed E-state index contributed by atoms with van der Waals surface area (Å²) in [6.45, 7) is 0.993. The molecule has 0 atom stereocenters. The average molecular weight is 188 g/mol. The van der Waals surface area contributed by atoms with Crippen LogP contribution >= 0.6 is 0 Å². The van der Waals surface area contributed by atoms with Gasteiger partial charge in [0.15, 0.2) is 0 Å². The van der Waals surface area contributed by atoms with Gasteiger partial charge in [0.05, 0.1) is 6.61 Å². The lowest BCUT2D eigenvalue weighted by atomic mass is 9.82. The zero-order valence-electron chi connectivity index (χ0n) is 7.65. The van der Waals surface area contributed by atoms with Gasteiger partial charge in [0, 0.05) is 0 Å². The lowest BCUT2D eigenvalue weighted by Gasteiger charge is -2.26. The molecule has 0 bridgehead atoms. The largest absolute Gasteiger partial charge is 0.330 e. The molecule has 0 aromatic rings. The standard InChI is InChI=1S/C8H16N2O3/c9-5-7-1-3-8(4-2-7)6-13-10(11)12/h7-8H,1-6,9H2. The predicted molar refractivity (Wildman–Crippen MR) is 47.4 cm³/mol. The smallest absolute Gasteiger partial charge is 0.294 e. The molecule has 13 heavy (non-hydrogen) atoms. The molecule has 0 radical (unpaired) electrons. The molecule has 0 unspecified atom stereocenters. The van der Waals surface area contributed by atoms with Crippen LogP contribution in [-0.2, 0) is 4.84 Å². The Balaban J connectivity index is 2.14. The summed E-state index contributed by atoms with van der Waals surface area (Å²) in [6, 6.07) is 0. The summed E-state index contributed by atoms with van der Waals surface area (Å²) in [7, 11) is 0. The molecule has 5 nitrogen and oxygen atoms in total. The highest BCUT2D eigenvalue weighted by Crippen LogP contribution is 2.27. The van der Waals surface area contributed by atoms with Crippen LogP contribution in [0.3, 0.4) is 0 Å². The molecule has 76 valence electrons. The van der Waals surface area contributed by atoms with Crippen LogP contribution in [0.4, 0.5) is 0 Å². The Hall–Kier alpha value is -0.840. The van der Waals surface area contributed by atoms with Gasteiger partial charge in [0.1, 0.15) is 0 Å². The monoisotopic (exact) mass is 188 g/mol. The van der Waals surface area contributed by atoms with E-state index in [9.17, 15) is 10.1 Å². The second-order valence-electron chi connectivity index (χ2n) is 3.64. The molecular weight excluding hydrogens is 172 g/mol. The van der Waals surface area contributed by atoms with E-state index in [4.69, 9.17) is 5.73 Å². The van der Waals surface area contributed by atoms with E-state index in [1.54, 1.807) is 0 Å². The SMILES string of the molecule is NCC1CCC(CO[N+](=O)[O-])CC1. The van der Waals surface area contributed by atoms with Gasteiger partial charge >= 0.3 is 0 Å². The van der Waals surface area contributed by atoms with Gasteiger partial charge in [-0.15, -0.1) is 10.1 Å². The van der Waals surface area contributed by atoms with Crippen molar-refractivity contribution in [3.05, 3.63) is 10.1 Å². The number of nitrogens with zero attached hydrogens (tertiary/aromatic N) is 1. The van der Waals surface area contributed by atoms with E-state index in [2.05, 4.69) is 4.84 Å². The van der Waals surface area contributed by atoms with Crippen LogP contribution in [0.5, 0.6) is 0 Å². The molecule has 0 aliphatic heterocycles. The third kappa shape index (κ3) is 3.59. The molecule has 0 spiro atoms. The van der Waals surface area contributed by atoms with Gasteiger partial charge in [-0.2, -0.15) is 0 Å². The van der Waals surface area contributed by atoms with Gasteiger partial charge in [-0.25, -0.2) is 0 Å². The zero-order valence-corrected chi connectivity index (χ0v) is 7.65. The number of nitrogens with two attached hydrogens (primary N) is 1. The molecule has 0 saturated heterocycles. The van der Waals surface area contributed by atoms with Gasteiger partial charge in [0.2, 0.25) is 0 Å². The summed E-state index contributed by atoms with van der Waals surface area (Å²) < 4.78 is 0. The summed E-state index contributed by atoms with van der Waals surface area (Å²) in [5, 5.41) is 9.21. The van der Waals surface area contributed by atoms with Crippen molar-refractivity contribution in [1.82, 2.24) is 0 Å². The van der Waals surface area contributed by atoms with Crippen molar-refractivity contribution in [1.29, 1.82) is 0 Å². The molecular formula is C8H16N2O3. The van der Waals surface area contributed by atoms with E-state index < -0.39 is 5.09 Å². The second kappa shape index (κ2) is 5.01. The fraction of sp³-hybridized carbons (Fsp3) is 1.00. The first kappa shape index (κ1) is 10.2. The summed E-state index contributed by atoms with van der Waals surface area (Å²) >= 11 is 0. The van der Waals surface area contributed by atoms with E-state index >= 15 is 0 Å². The molecule has 5 heteroatoms. The number of hydrogen-bond acceptors (Lipinski definition) is 4. The minimum absolute atomic E-state index is 0.254. The summed E-state index contributed by atoms with van der Waals surface area (Å²) in [5.74, 6) is 0.972. The third-order valence-corrected chi connectivity index (χ3v) is 2.72. The van der Waals surface area contributed by atoms with Crippen LogP contribution in [-0.4, -0.2) is 18.2 Å². The Bertz CT molecular complexity index is 167. The van der Waals surface area contributed by atoms with Crippen LogP contribution in [0.15, 0.2) is 0 Å². The molecule has 1 fully saturated rings. The number of rotatable bonds is 4. The lowest BCUT2D eigenvalue weighted by Crippen LogP contribution is -2.24. The van der Waals surface area contributed by atoms with Crippen LogP contribution < -0.4 is 5.73 Å². The maximum absolute atomic E-state index is 9.93. The topological polar surface area (TPSA) is 78.4 Å². The molecule has 0 aromatic heterocycles. The van der Waals surface area contributed by atoms with E-state index in [1.165, 1.54) is 0 Å².